The summed E-state index contributed by atoms with van der Waals surface area (Å²) in [4.78, 5) is 11.6. The van der Waals surface area contributed by atoms with Crippen LogP contribution in [0, 0.1) is 11.3 Å². The van der Waals surface area contributed by atoms with Crippen molar-refractivity contribution in [3.8, 4) is 6.07 Å². The monoisotopic (exact) mass is 210 g/mol. The number of carbonyl (C=O) groups excluding carboxylic acids is 1. The second-order valence-electron chi connectivity index (χ2n) is 4.07. The van der Waals surface area contributed by atoms with Crippen molar-refractivity contribution in [1.29, 1.82) is 5.26 Å². The molecule has 0 heterocycles. The van der Waals surface area contributed by atoms with Crippen molar-refractivity contribution in [3.63, 3.8) is 0 Å². The number of nitrogens with zero attached hydrogens (tertiary/aromatic N) is 1. The van der Waals surface area contributed by atoms with Gasteiger partial charge in [-0.2, -0.15) is 5.26 Å². The van der Waals surface area contributed by atoms with Gasteiger partial charge < -0.3 is 10.1 Å². The maximum Gasteiger partial charge on any atom is 0.223 e. The summed E-state index contributed by atoms with van der Waals surface area (Å²) in [6.07, 6.45) is 4.03. The van der Waals surface area contributed by atoms with E-state index >= 15 is 0 Å². The van der Waals surface area contributed by atoms with Crippen molar-refractivity contribution in [2.75, 3.05) is 7.11 Å². The molecule has 0 aromatic rings. The van der Waals surface area contributed by atoms with Crippen LogP contribution in [0.25, 0.3) is 0 Å². The Bertz CT molecular complexity index is 261. The Kier molecular flexibility index (Phi) is 4.10. The Morgan fingerprint density at radius 1 is 1.67 bits per heavy atom. The Morgan fingerprint density at radius 2 is 2.33 bits per heavy atom. The smallest absolute Gasteiger partial charge is 0.223 e. The van der Waals surface area contributed by atoms with Gasteiger partial charge in [0.2, 0.25) is 5.91 Å². The van der Waals surface area contributed by atoms with E-state index in [-0.39, 0.29) is 17.6 Å². The van der Waals surface area contributed by atoms with E-state index in [9.17, 15) is 4.79 Å². The molecule has 4 heteroatoms. The number of nitrogens with one attached hydrogen (secondary N) is 1. The molecule has 1 rings (SSSR count). The Labute approximate surface area is 90.6 Å². The minimum atomic E-state index is -0.369. The largest absolute Gasteiger partial charge is 0.378 e. The molecule has 1 aliphatic carbocycles. The average molecular weight is 210 g/mol. The summed E-state index contributed by atoms with van der Waals surface area (Å²) in [5.74, 6) is -0.0787. The van der Waals surface area contributed by atoms with Crippen LogP contribution in [0.1, 0.15) is 39.0 Å². The number of methoxy groups -OCH3 is 1. The summed E-state index contributed by atoms with van der Waals surface area (Å²) in [5.41, 5.74) is -0.252. The van der Waals surface area contributed by atoms with Crippen molar-refractivity contribution in [2.24, 2.45) is 0 Å². The summed E-state index contributed by atoms with van der Waals surface area (Å²) < 4.78 is 5.35. The molecule has 84 valence electrons. The number of ether oxygens (including phenoxy) is 1. The van der Waals surface area contributed by atoms with E-state index in [0.29, 0.717) is 12.8 Å². The van der Waals surface area contributed by atoms with Crippen molar-refractivity contribution in [3.05, 3.63) is 0 Å². The molecule has 1 atom stereocenters. The molecule has 15 heavy (non-hydrogen) atoms. The van der Waals surface area contributed by atoms with Crippen LogP contribution in [0.3, 0.4) is 0 Å². The lowest BCUT2D eigenvalue weighted by molar-refractivity contribution is -0.134. The topological polar surface area (TPSA) is 62.1 Å². The van der Waals surface area contributed by atoms with Crippen molar-refractivity contribution in [2.45, 2.75) is 50.7 Å². The first kappa shape index (κ1) is 12.0. The summed E-state index contributed by atoms with van der Waals surface area (Å²) in [5, 5.41) is 11.4. The quantitative estimate of drug-likeness (QED) is 0.745. The van der Waals surface area contributed by atoms with Crippen molar-refractivity contribution in [1.82, 2.24) is 5.32 Å². The molecule has 1 amide bonds. The first-order chi connectivity index (χ1) is 7.15. The Morgan fingerprint density at radius 3 is 2.67 bits per heavy atom. The predicted molar refractivity (Wildman–Crippen MR) is 56.0 cm³/mol. The lowest BCUT2D eigenvalue weighted by Crippen LogP contribution is -2.45. The van der Waals surface area contributed by atoms with E-state index in [1.54, 1.807) is 7.11 Å². The lowest BCUT2D eigenvalue weighted by atomic mass is 9.77. The fourth-order valence-corrected chi connectivity index (χ4v) is 1.79. The fourth-order valence-electron chi connectivity index (χ4n) is 1.79. The van der Waals surface area contributed by atoms with Gasteiger partial charge in [0.25, 0.3) is 0 Å². The second kappa shape index (κ2) is 5.13. The maximum absolute atomic E-state index is 11.6. The van der Waals surface area contributed by atoms with Crippen LogP contribution in [0.4, 0.5) is 0 Å². The highest BCUT2D eigenvalue weighted by Gasteiger charge is 2.39. The summed E-state index contributed by atoms with van der Waals surface area (Å²) in [7, 11) is 1.65. The van der Waals surface area contributed by atoms with Gasteiger partial charge in [-0.15, -0.1) is 0 Å². The van der Waals surface area contributed by atoms with Crippen LogP contribution >= 0.6 is 0 Å². The highest BCUT2D eigenvalue weighted by molar-refractivity contribution is 5.77. The van der Waals surface area contributed by atoms with E-state index in [4.69, 9.17) is 10.00 Å². The number of nitriles is 1. The molecular weight excluding hydrogens is 192 g/mol. The first-order valence-electron chi connectivity index (χ1n) is 5.40. The number of amides is 1. The van der Waals surface area contributed by atoms with Crippen LogP contribution in [0.5, 0.6) is 0 Å². The van der Waals surface area contributed by atoms with Crippen LogP contribution < -0.4 is 5.32 Å². The van der Waals surface area contributed by atoms with Crippen LogP contribution in [-0.4, -0.2) is 24.7 Å². The van der Waals surface area contributed by atoms with Crippen LogP contribution in [0.2, 0.25) is 0 Å². The van der Waals surface area contributed by atoms with E-state index in [1.165, 1.54) is 0 Å². The molecule has 0 bridgehead atoms. The highest BCUT2D eigenvalue weighted by atomic mass is 16.5. The average Bonchev–Trinajstić information content (AvgIpc) is 2.20. The summed E-state index contributed by atoms with van der Waals surface area (Å²) in [6, 6.07) is 1.68. The minimum Gasteiger partial charge on any atom is -0.378 e. The Hall–Kier alpha value is -1.08. The van der Waals surface area contributed by atoms with Gasteiger partial charge in [-0.05, 0) is 25.7 Å². The molecule has 4 nitrogen and oxygen atoms in total. The van der Waals surface area contributed by atoms with Gasteiger partial charge in [-0.3, -0.25) is 4.79 Å². The molecule has 0 aliphatic heterocycles. The zero-order valence-electron chi connectivity index (χ0n) is 9.38. The number of hydrogen-bond donors (Lipinski definition) is 1. The molecule has 0 radical (unpaired) electrons. The third-order valence-corrected chi connectivity index (χ3v) is 3.08. The van der Waals surface area contributed by atoms with Gasteiger partial charge in [0.05, 0.1) is 18.1 Å². The third-order valence-electron chi connectivity index (χ3n) is 3.08. The molecule has 0 aromatic carbocycles. The van der Waals surface area contributed by atoms with E-state index in [1.807, 2.05) is 13.0 Å². The van der Waals surface area contributed by atoms with Crippen LogP contribution in [-0.2, 0) is 9.53 Å². The predicted octanol–water partition coefficient (Wildman–Crippen LogP) is 1.36. The SMILES string of the molecule is CCC(C#N)NC(=O)CC1(OC)CCC1. The molecule has 0 aromatic heterocycles. The molecular formula is C11H18N2O2. The maximum atomic E-state index is 11.6. The standard InChI is InChI=1S/C11H18N2O2/c1-3-9(8-12)13-10(14)7-11(15-2)5-4-6-11/h9H,3-7H2,1-2H3,(H,13,14). The minimum absolute atomic E-state index is 0.0787. The van der Waals surface area contributed by atoms with Crippen molar-refractivity contribution >= 4 is 5.91 Å². The molecule has 1 unspecified atom stereocenters. The van der Waals surface area contributed by atoms with Gasteiger partial charge in [0.1, 0.15) is 6.04 Å². The Balaban J connectivity index is 2.38. The zero-order valence-corrected chi connectivity index (χ0v) is 9.38. The second-order valence-corrected chi connectivity index (χ2v) is 4.07. The third kappa shape index (κ3) is 2.93. The van der Waals surface area contributed by atoms with Gasteiger partial charge in [0, 0.05) is 7.11 Å². The lowest BCUT2D eigenvalue weighted by Gasteiger charge is -2.40. The summed E-state index contributed by atoms with van der Waals surface area (Å²) >= 11 is 0. The van der Waals surface area contributed by atoms with E-state index in [0.717, 1.165) is 19.3 Å². The molecule has 1 N–H and O–H groups in total. The van der Waals surface area contributed by atoms with E-state index in [2.05, 4.69) is 5.32 Å². The van der Waals surface area contributed by atoms with Gasteiger partial charge in [-0.25, -0.2) is 0 Å². The highest BCUT2D eigenvalue weighted by Crippen LogP contribution is 2.37. The molecule has 0 spiro atoms. The van der Waals surface area contributed by atoms with Gasteiger partial charge >= 0.3 is 0 Å². The van der Waals surface area contributed by atoms with Crippen LogP contribution in [0.15, 0.2) is 0 Å². The first-order valence-corrected chi connectivity index (χ1v) is 5.40. The molecule has 0 saturated heterocycles. The molecule has 1 fully saturated rings. The number of carbonyl (C=O) groups is 1. The summed E-state index contributed by atoms with van der Waals surface area (Å²) in [6.45, 7) is 1.88. The normalized spacial score (nSPS) is 19.8. The van der Waals surface area contributed by atoms with E-state index < -0.39 is 0 Å². The van der Waals surface area contributed by atoms with Crippen molar-refractivity contribution < 1.29 is 9.53 Å². The number of rotatable bonds is 5. The fraction of sp³-hybridized carbons (Fsp3) is 0.818. The van der Waals surface area contributed by atoms with Gasteiger partial charge in [0.15, 0.2) is 0 Å². The van der Waals surface area contributed by atoms with Gasteiger partial charge in [-0.1, -0.05) is 6.92 Å². The number of hydrogen-bond acceptors (Lipinski definition) is 3. The zero-order chi connectivity index (χ0) is 11.3. The molecule has 1 saturated carbocycles. The molecule has 1 aliphatic rings.